The maximum atomic E-state index is 13.3. The number of halogens is 1. The number of phenolic OH excluding ortho intramolecular Hbond substituents is 1. The normalized spacial score (nSPS) is 16.5. The lowest BCUT2D eigenvalue weighted by Crippen LogP contribution is -2.07. The van der Waals surface area contributed by atoms with Gasteiger partial charge in [-0.1, -0.05) is 6.07 Å². The minimum Gasteiger partial charge on any atom is -0.508 e. The Labute approximate surface area is 120 Å². The number of nitro groups is 1. The maximum absolute atomic E-state index is 13.3. The van der Waals surface area contributed by atoms with E-state index in [1.807, 2.05) is 6.07 Å². The minimum atomic E-state index is -0.845. The van der Waals surface area contributed by atoms with Crippen LogP contribution in [0.5, 0.6) is 5.75 Å². The predicted molar refractivity (Wildman–Crippen MR) is 75.8 cm³/mol. The summed E-state index contributed by atoms with van der Waals surface area (Å²) in [5, 5.41) is 23.4. The van der Waals surface area contributed by atoms with E-state index in [0.717, 1.165) is 30.0 Å². The molecule has 0 radical (unpaired) electrons. The molecule has 2 aromatic rings. The van der Waals surface area contributed by atoms with E-state index < -0.39 is 16.4 Å². The number of hydrogen-bond acceptors (Lipinski definition) is 4. The number of rotatable bonds is 3. The van der Waals surface area contributed by atoms with Crippen LogP contribution in [0.4, 0.5) is 15.8 Å². The van der Waals surface area contributed by atoms with Crippen LogP contribution in [-0.4, -0.2) is 10.0 Å². The number of hydrogen-bond donors (Lipinski definition) is 2. The highest BCUT2D eigenvalue weighted by atomic mass is 19.1. The molecule has 0 amide bonds. The fourth-order valence-corrected chi connectivity index (χ4v) is 2.70. The maximum Gasteiger partial charge on any atom is 0.306 e. The van der Waals surface area contributed by atoms with Crippen LogP contribution in [0.15, 0.2) is 36.4 Å². The largest absolute Gasteiger partial charge is 0.508 e. The lowest BCUT2D eigenvalue weighted by molar-refractivity contribution is -0.387. The van der Waals surface area contributed by atoms with Gasteiger partial charge in [0.25, 0.3) is 0 Å². The third-order valence-electron chi connectivity index (χ3n) is 3.69. The Bertz CT molecular complexity index is 718. The van der Waals surface area contributed by atoms with Crippen molar-refractivity contribution in [3.05, 3.63) is 63.5 Å². The number of nitro benzene ring substituents is 1. The average molecular weight is 288 g/mol. The van der Waals surface area contributed by atoms with E-state index in [-0.39, 0.29) is 11.8 Å². The molecule has 0 aromatic heterocycles. The summed E-state index contributed by atoms with van der Waals surface area (Å²) in [6.07, 6.45) is 1.65. The molecule has 0 heterocycles. The molecule has 2 aromatic carbocycles. The van der Waals surface area contributed by atoms with Gasteiger partial charge in [0.15, 0.2) is 0 Å². The Kier molecular flexibility index (Phi) is 3.21. The first-order chi connectivity index (χ1) is 10.0. The number of phenols is 1. The molecule has 3 rings (SSSR count). The summed E-state index contributed by atoms with van der Waals surface area (Å²) in [7, 11) is 0. The van der Waals surface area contributed by atoms with Gasteiger partial charge in [0.1, 0.15) is 5.75 Å². The lowest BCUT2D eigenvalue weighted by atomic mass is 10.1. The predicted octanol–water partition coefficient (Wildman–Crippen LogP) is 3.54. The summed E-state index contributed by atoms with van der Waals surface area (Å²) in [5.41, 5.74) is 2.09. The summed E-state index contributed by atoms with van der Waals surface area (Å²) < 4.78 is 13.3. The smallest absolute Gasteiger partial charge is 0.306 e. The molecule has 6 heteroatoms. The molecule has 1 aliphatic rings. The van der Waals surface area contributed by atoms with Gasteiger partial charge in [0.05, 0.1) is 11.0 Å². The topological polar surface area (TPSA) is 75.4 Å². The molecule has 5 nitrogen and oxygen atoms in total. The second kappa shape index (κ2) is 5.05. The van der Waals surface area contributed by atoms with Crippen molar-refractivity contribution in [1.82, 2.24) is 0 Å². The summed E-state index contributed by atoms with van der Waals surface area (Å²) in [6, 6.07) is 8.97. The quantitative estimate of drug-likeness (QED) is 0.669. The Morgan fingerprint density at radius 2 is 2.10 bits per heavy atom. The zero-order valence-corrected chi connectivity index (χ0v) is 11.0. The van der Waals surface area contributed by atoms with Gasteiger partial charge >= 0.3 is 5.69 Å². The second-order valence-corrected chi connectivity index (χ2v) is 5.04. The van der Waals surface area contributed by atoms with Crippen LogP contribution in [0.3, 0.4) is 0 Å². The van der Waals surface area contributed by atoms with Crippen LogP contribution in [0, 0.1) is 15.9 Å². The van der Waals surface area contributed by atoms with E-state index in [2.05, 4.69) is 5.32 Å². The monoisotopic (exact) mass is 288 g/mol. The molecule has 0 spiro atoms. The van der Waals surface area contributed by atoms with E-state index in [1.54, 1.807) is 12.1 Å². The van der Waals surface area contributed by atoms with Gasteiger partial charge in [0.2, 0.25) is 5.82 Å². The van der Waals surface area contributed by atoms with E-state index in [1.165, 1.54) is 12.1 Å². The number of aromatic hydroxyl groups is 1. The fourth-order valence-electron chi connectivity index (χ4n) is 2.70. The van der Waals surface area contributed by atoms with Crippen LogP contribution in [0.1, 0.15) is 23.6 Å². The summed E-state index contributed by atoms with van der Waals surface area (Å²) >= 11 is 0. The van der Waals surface area contributed by atoms with Crippen LogP contribution < -0.4 is 5.32 Å². The molecule has 21 heavy (non-hydrogen) atoms. The summed E-state index contributed by atoms with van der Waals surface area (Å²) in [4.78, 5) is 10.0. The van der Waals surface area contributed by atoms with Gasteiger partial charge in [-0.25, -0.2) is 0 Å². The first-order valence-electron chi connectivity index (χ1n) is 6.57. The van der Waals surface area contributed by atoms with Gasteiger partial charge in [0, 0.05) is 11.8 Å². The van der Waals surface area contributed by atoms with Crippen LogP contribution in [0.2, 0.25) is 0 Å². The van der Waals surface area contributed by atoms with Crippen molar-refractivity contribution in [3.8, 4) is 5.75 Å². The number of aryl methyl sites for hydroxylation is 1. The highest BCUT2D eigenvalue weighted by Crippen LogP contribution is 2.36. The zero-order chi connectivity index (χ0) is 15.0. The molecule has 1 aliphatic carbocycles. The van der Waals surface area contributed by atoms with Crippen molar-refractivity contribution in [2.24, 2.45) is 0 Å². The standard InChI is InChI=1S/C15H13FN2O3/c16-13-5-2-10(8-15(13)18(20)21)17-14-6-1-9-7-11(19)3-4-12(9)14/h2-5,7-8,14,17,19H,1,6H2. The summed E-state index contributed by atoms with van der Waals surface area (Å²) in [6.45, 7) is 0. The van der Waals surface area contributed by atoms with Crippen molar-refractivity contribution in [2.45, 2.75) is 18.9 Å². The number of benzene rings is 2. The molecule has 0 fully saturated rings. The third-order valence-corrected chi connectivity index (χ3v) is 3.69. The Hall–Kier alpha value is -2.63. The molecule has 0 saturated heterocycles. The van der Waals surface area contributed by atoms with E-state index >= 15 is 0 Å². The van der Waals surface area contributed by atoms with E-state index in [9.17, 15) is 19.6 Å². The number of nitrogens with zero attached hydrogens (tertiary/aromatic N) is 1. The van der Waals surface area contributed by atoms with Crippen molar-refractivity contribution in [3.63, 3.8) is 0 Å². The highest BCUT2D eigenvalue weighted by Gasteiger charge is 2.23. The van der Waals surface area contributed by atoms with E-state index in [4.69, 9.17) is 0 Å². The third kappa shape index (κ3) is 2.52. The molecule has 0 saturated carbocycles. The van der Waals surface area contributed by atoms with Crippen LogP contribution in [-0.2, 0) is 6.42 Å². The van der Waals surface area contributed by atoms with E-state index in [0.29, 0.717) is 5.69 Å². The van der Waals surface area contributed by atoms with Gasteiger partial charge in [-0.05, 0) is 48.2 Å². The summed E-state index contributed by atoms with van der Waals surface area (Å²) in [5.74, 6) is -0.617. The SMILES string of the molecule is O=[N+]([O-])c1cc(NC2CCc3cc(O)ccc32)ccc1F. The highest BCUT2D eigenvalue weighted by molar-refractivity contribution is 5.54. The number of anilines is 1. The average Bonchev–Trinajstić information content (AvgIpc) is 2.83. The van der Waals surface area contributed by atoms with Crippen molar-refractivity contribution in [1.29, 1.82) is 0 Å². The molecule has 108 valence electrons. The Morgan fingerprint density at radius 3 is 2.86 bits per heavy atom. The van der Waals surface area contributed by atoms with Crippen molar-refractivity contribution < 1.29 is 14.4 Å². The minimum absolute atomic E-state index is 0.00525. The number of fused-ring (bicyclic) bond motifs is 1. The van der Waals surface area contributed by atoms with Crippen LogP contribution >= 0.6 is 0 Å². The second-order valence-electron chi connectivity index (χ2n) is 5.04. The van der Waals surface area contributed by atoms with Gasteiger partial charge in [-0.15, -0.1) is 0 Å². The molecule has 1 atom stereocenters. The van der Waals surface area contributed by atoms with Crippen LogP contribution in [0.25, 0.3) is 0 Å². The van der Waals surface area contributed by atoms with Gasteiger partial charge in [-0.3, -0.25) is 10.1 Å². The van der Waals surface area contributed by atoms with Gasteiger partial charge < -0.3 is 10.4 Å². The molecular weight excluding hydrogens is 275 g/mol. The molecule has 0 aliphatic heterocycles. The van der Waals surface area contributed by atoms with Gasteiger partial charge in [-0.2, -0.15) is 4.39 Å². The Balaban J connectivity index is 1.86. The first kappa shape index (κ1) is 13.4. The van der Waals surface area contributed by atoms with Crippen molar-refractivity contribution >= 4 is 11.4 Å². The Morgan fingerprint density at radius 1 is 1.29 bits per heavy atom. The molecule has 0 bridgehead atoms. The molecule has 1 unspecified atom stereocenters. The molecular formula is C15H13FN2O3. The number of nitrogens with one attached hydrogen (secondary N) is 1. The fraction of sp³-hybridized carbons (Fsp3) is 0.200. The zero-order valence-electron chi connectivity index (χ0n) is 11.0. The molecule has 2 N–H and O–H groups in total. The first-order valence-corrected chi connectivity index (χ1v) is 6.57. The van der Waals surface area contributed by atoms with Crippen molar-refractivity contribution in [2.75, 3.05) is 5.32 Å². The lowest BCUT2D eigenvalue weighted by Gasteiger charge is -2.15.